The summed E-state index contributed by atoms with van der Waals surface area (Å²) < 4.78 is 10.8. The van der Waals surface area contributed by atoms with E-state index in [1.165, 1.54) is 4.90 Å². The predicted octanol–water partition coefficient (Wildman–Crippen LogP) is 4.38. The molecule has 2 aromatic carbocycles. The molecule has 4 aromatic rings. The highest BCUT2D eigenvalue weighted by Gasteiger charge is 2.27. The van der Waals surface area contributed by atoms with Gasteiger partial charge in [0.15, 0.2) is 0 Å². The van der Waals surface area contributed by atoms with Gasteiger partial charge in [-0.1, -0.05) is 41.9 Å². The van der Waals surface area contributed by atoms with E-state index >= 15 is 0 Å². The van der Waals surface area contributed by atoms with Gasteiger partial charge in [-0.05, 0) is 31.5 Å². The van der Waals surface area contributed by atoms with Crippen molar-refractivity contribution in [2.45, 2.75) is 26.5 Å². The maximum atomic E-state index is 12.9. The van der Waals surface area contributed by atoms with Gasteiger partial charge in [-0.2, -0.15) is 15.0 Å². The minimum absolute atomic E-state index is 0.196. The molecule has 1 aliphatic rings. The van der Waals surface area contributed by atoms with Gasteiger partial charge in [0.25, 0.3) is 5.56 Å². The molecular formula is C25H23ClN6O4. The molecule has 2 aromatic heterocycles. The van der Waals surface area contributed by atoms with E-state index in [-0.39, 0.29) is 24.1 Å². The van der Waals surface area contributed by atoms with Crippen molar-refractivity contribution in [1.82, 2.24) is 19.9 Å². The van der Waals surface area contributed by atoms with Crippen LogP contribution in [0.25, 0.3) is 10.9 Å². The van der Waals surface area contributed by atoms with Gasteiger partial charge in [0.1, 0.15) is 24.8 Å². The number of rotatable bonds is 7. The summed E-state index contributed by atoms with van der Waals surface area (Å²) in [5, 5.41) is 4.32. The number of halogens is 1. The van der Waals surface area contributed by atoms with E-state index in [4.69, 9.17) is 21.1 Å². The fourth-order valence-corrected chi connectivity index (χ4v) is 4.12. The van der Waals surface area contributed by atoms with Gasteiger partial charge < -0.3 is 19.8 Å². The number of nitrogens with zero attached hydrogens (tertiary/aromatic N) is 4. The van der Waals surface area contributed by atoms with E-state index in [0.29, 0.717) is 40.8 Å². The number of amides is 1. The van der Waals surface area contributed by atoms with Crippen LogP contribution in [0, 0.1) is 6.92 Å². The lowest BCUT2D eigenvalue weighted by atomic mass is 10.1. The minimum Gasteiger partial charge on any atom is -0.487 e. The number of aromatic nitrogens is 4. The summed E-state index contributed by atoms with van der Waals surface area (Å²) in [5.41, 5.74) is 1.81. The second-order valence-corrected chi connectivity index (χ2v) is 8.74. The third kappa shape index (κ3) is 4.94. The number of aryl methyl sites for hydroxylation is 1. The van der Waals surface area contributed by atoms with Crippen molar-refractivity contribution in [1.29, 1.82) is 0 Å². The Morgan fingerprint density at radius 3 is 2.72 bits per heavy atom. The largest absolute Gasteiger partial charge is 0.487 e. The third-order valence-electron chi connectivity index (χ3n) is 5.71. The Balaban J connectivity index is 1.38. The Morgan fingerprint density at radius 2 is 1.97 bits per heavy atom. The first-order valence-electron chi connectivity index (χ1n) is 11.3. The Labute approximate surface area is 211 Å². The molecule has 1 amide bonds. The molecule has 10 nitrogen and oxygen atoms in total. The van der Waals surface area contributed by atoms with Gasteiger partial charge in [-0.15, -0.1) is 0 Å². The molecule has 36 heavy (non-hydrogen) atoms. The number of ether oxygens (including phenoxy) is 2. The van der Waals surface area contributed by atoms with Crippen LogP contribution in [-0.2, 0) is 11.3 Å². The van der Waals surface area contributed by atoms with Crippen molar-refractivity contribution in [2.75, 3.05) is 23.4 Å². The second-order valence-electron chi connectivity index (χ2n) is 8.34. The van der Waals surface area contributed by atoms with Crippen LogP contribution in [0.15, 0.2) is 53.3 Å². The van der Waals surface area contributed by atoms with Crippen molar-refractivity contribution < 1.29 is 14.3 Å². The van der Waals surface area contributed by atoms with E-state index in [0.717, 1.165) is 10.9 Å². The highest BCUT2D eigenvalue weighted by atomic mass is 35.5. The average molecular weight is 507 g/mol. The number of hydrogen-bond acceptors (Lipinski definition) is 8. The van der Waals surface area contributed by atoms with E-state index in [9.17, 15) is 9.59 Å². The molecule has 5 rings (SSSR count). The topological polar surface area (TPSA) is 122 Å². The lowest BCUT2D eigenvalue weighted by Gasteiger charge is -2.17. The highest BCUT2D eigenvalue weighted by molar-refractivity contribution is 6.32. The van der Waals surface area contributed by atoms with Crippen LogP contribution < -0.4 is 20.5 Å². The summed E-state index contributed by atoms with van der Waals surface area (Å²) in [4.78, 5) is 41.9. The first-order valence-corrected chi connectivity index (χ1v) is 11.7. The molecule has 1 aliphatic heterocycles. The number of pyridine rings is 1. The number of cyclic esters (lactones) is 1. The molecule has 0 bridgehead atoms. The molecule has 11 heteroatoms. The second kappa shape index (κ2) is 9.82. The number of benzene rings is 2. The standard InChI is InChI=1S/C25H23ClN6O4/c1-14(27-23-28-15(2)29-24(31-23)32-8-9-35-25(32)34)18-10-17-11-19(26)21(12-20(17)30-22(18)33)36-13-16-6-4-3-5-7-16/h3-7,10-12,14H,8-9,13H2,1-2H3,(H,30,33)(H,27,28,29,31)/t14-/m0/s1. The van der Waals surface area contributed by atoms with Crippen LogP contribution in [0.5, 0.6) is 5.75 Å². The van der Waals surface area contributed by atoms with Crippen LogP contribution in [0.4, 0.5) is 16.7 Å². The molecule has 2 N–H and O–H groups in total. The molecule has 184 valence electrons. The first kappa shape index (κ1) is 23.6. The summed E-state index contributed by atoms with van der Waals surface area (Å²) in [6.45, 7) is 4.51. The Hall–Kier alpha value is -4.18. The lowest BCUT2D eigenvalue weighted by Crippen LogP contribution is -2.27. The van der Waals surface area contributed by atoms with E-state index in [1.54, 1.807) is 25.1 Å². The number of fused-ring (bicyclic) bond motifs is 1. The maximum Gasteiger partial charge on any atom is 0.416 e. The molecule has 0 aliphatic carbocycles. The molecule has 0 radical (unpaired) electrons. The van der Waals surface area contributed by atoms with E-state index < -0.39 is 12.1 Å². The molecule has 0 spiro atoms. The predicted molar refractivity (Wildman–Crippen MR) is 136 cm³/mol. The van der Waals surface area contributed by atoms with Crippen LogP contribution in [0.3, 0.4) is 0 Å². The van der Waals surface area contributed by atoms with Crippen molar-refractivity contribution in [3.8, 4) is 5.75 Å². The number of aromatic amines is 1. The van der Waals surface area contributed by atoms with Crippen molar-refractivity contribution in [3.05, 3.63) is 80.9 Å². The normalized spacial score (nSPS) is 14.1. The van der Waals surface area contributed by atoms with Crippen molar-refractivity contribution in [2.24, 2.45) is 0 Å². The van der Waals surface area contributed by atoms with Crippen LogP contribution >= 0.6 is 11.6 Å². The number of carbonyl (C=O) groups is 1. The molecule has 0 unspecified atom stereocenters. The number of carbonyl (C=O) groups excluding carboxylic acids is 1. The average Bonchev–Trinajstić information content (AvgIpc) is 3.29. The van der Waals surface area contributed by atoms with Gasteiger partial charge in [-0.25, -0.2) is 9.69 Å². The third-order valence-corrected chi connectivity index (χ3v) is 6.01. The zero-order valence-corrected chi connectivity index (χ0v) is 20.4. The molecule has 0 saturated carbocycles. The van der Waals surface area contributed by atoms with Crippen LogP contribution in [-0.4, -0.2) is 39.2 Å². The summed E-state index contributed by atoms with van der Waals surface area (Å²) in [7, 11) is 0. The molecule has 3 heterocycles. The molecule has 1 fully saturated rings. The minimum atomic E-state index is -0.505. The summed E-state index contributed by atoms with van der Waals surface area (Å²) in [6, 6.07) is 14.5. The summed E-state index contributed by atoms with van der Waals surface area (Å²) >= 11 is 6.48. The quantitative estimate of drug-likeness (QED) is 0.378. The van der Waals surface area contributed by atoms with E-state index in [1.807, 2.05) is 37.3 Å². The molecule has 1 atom stereocenters. The van der Waals surface area contributed by atoms with Crippen molar-refractivity contribution >= 4 is 40.5 Å². The first-order chi connectivity index (χ1) is 17.4. The zero-order valence-electron chi connectivity index (χ0n) is 19.6. The number of hydrogen-bond donors (Lipinski definition) is 2. The zero-order chi connectivity index (χ0) is 25.2. The maximum absolute atomic E-state index is 12.9. The molecule has 1 saturated heterocycles. The van der Waals surface area contributed by atoms with Gasteiger partial charge in [-0.3, -0.25) is 4.79 Å². The Morgan fingerprint density at radius 1 is 1.17 bits per heavy atom. The SMILES string of the molecule is Cc1nc(N[C@@H](C)c2cc3cc(Cl)c(OCc4ccccc4)cc3[nH]c2=O)nc(N2CCOC2=O)n1. The Kier molecular flexibility index (Phi) is 6.43. The number of nitrogens with one attached hydrogen (secondary N) is 2. The fourth-order valence-electron chi connectivity index (χ4n) is 3.89. The van der Waals surface area contributed by atoms with Crippen LogP contribution in [0.1, 0.15) is 29.9 Å². The van der Waals surface area contributed by atoms with Gasteiger partial charge in [0, 0.05) is 17.0 Å². The van der Waals surface area contributed by atoms with Crippen molar-refractivity contribution in [3.63, 3.8) is 0 Å². The summed E-state index contributed by atoms with van der Waals surface area (Å²) in [5.74, 6) is 1.35. The smallest absolute Gasteiger partial charge is 0.416 e. The summed E-state index contributed by atoms with van der Waals surface area (Å²) in [6.07, 6.45) is -0.505. The monoisotopic (exact) mass is 506 g/mol. The number of H-pyrrole nitrogens is 1. The fraction of sp³-hybridized carbons (Fsp3) is 0.240. The van der Waals surface area contributed by atoms with Gasteiger partial charge in [0.05, 0.1) is 23.1 Å². The highest BCUT2D eigenvalue weighted by Crippen LogP contribution is 2.30. The lowest BCUT2D eigenvalue weighted by molar-refractivity contribution is 0.181. The Bertz CT molecular complexity index is 1490. The van der Waals surface area contributed by atoms with E-state index in [2.05, 4.69) is 25.3 Å². The number of anilines is 2. The molecular weight excluding hydrogens is 484 g/mol. The van der Waals surface area contributed by atoms with Gasteiger partial charge in [0.2, 0.25) is 11.9 Å². The van der Waals surface area contributed by atoms with Crippen LogP contribution in [0.2, 0.25) is 5.02 Å². The van der Waals surface area contributed by atoms with Gasteiger partial charge >= 0.3 is 6.09 Å².